The Bertz CT molecular complexity index is 611. The van der Waals surface area contributed by atoms with Crippen molar-refractivity contribution in [3.05, 3.63) is 36.5 Å². The van der Waals surface area contributed by atoms with Gasteiger partial charge in [-0.05, 0) is 24.8 Å². The first-order valence-corrected chi connectivity index (χ1v) is 8.01. The zero-order chi connectivity index (χ0) is 14.9. The highest BCUT2D eigenvalue weighted by molar-refractivity contribution is 5.40. The summed E-state index contributed by atoms with van der Waals surface area (Å²) in [5.74, 6) is 2.63. The molecule has 2 aliphatic rings. The summed E-state index contributed by atoms with van der Waals surface area (Å²) in [5, 5.41) is 4.28. The highest BCUT2D eigenvalue weighted by Crippen LogP contribution is 2.33. The molecule has 0 N–H and O–H groups in total. The van der Waals surface area contributed by atoms with Crippen molar-refractivity contribution in [2.45, 2.75) is 13.5 Å². The second-order valence-electron chi connectivity index (χ2n) is 6.47. The summed E-state index contributed by atoms with van der Waals surface area (Å²) in [6.45, 7) is 8.76. The lowest BCUT2D eigenvalue weighted by molar-refractivity contribution is 0.296. The van der Waals surface area contributed by atoms with Crippen LogP contribution in [-0.4, -0.2) is 57.4 Å². The average Bonchev–Trinajstić information content (AvgIpc) is 3.21. The molecule has 4 rings (SSSR count). The number of fused-ring (bicyclic) bond motifs is 1. The lowest BCUT2D eigenvalue weighted by Crippen LogP contribution is -2.31. The Morgan fingerprint density at radius 2 is 1.91 bits per heavy atom. The van der Waals surface area contributed by atoms with Crippen LogP contribution in [-0.2, 0) is 6.54 Å². The minimum atomic E-state index is 0.771. The Morgan fingerprint density at radius 3 is 2.59 bits per heavy atom. The zero-order valence-corrected chi connectivity index (χ0v) is 13.0. The van der Waals surface area contributed by atoms with E-state index in [1.165, 1.54) is 13.1 Å². The van der Waals surface area contributed by atoms with Crippen LogP contribution in [0.1, 0.15) is 5.69 Å². The van der Waals surface area contributed by atoms with Crippen LogP contribution in [0.5, 0.6) is 0 Å². The van der Waals surface area contributed by atoms with E-state index in [-0.39, 0.29) is 0 Å². The molecule has 2 unspecified atom stereocenters. The van der Waals surface area contributed by atoms with E-state index in [9.17, 15) is 0 Å². The van der Waals surface area contributed by atoms with Gasteiger partial charge in [0.05, 0.1) is 6.54 Å². The molecule has 0 bridgehead atoms. The van der Waals surface area contributed by atoms with Crippen molar-refractivity contribution in [3.63, 3.8) is 0 Å². The molecular formula is C16H22N6. The molecule has 0 radical (unpaired) electrons. The van der Waals surface area contributed by atoms with Gasteiger partial charge >= 0.3 is 0 Å². The summed E-state index contributed by atoms with van der Waals surface area (Å²) < 4.78 is 2.02. The highest BCUT2D eigenvalue weighted by Gasteiger charge is 2.40. The molecule has 6 nitrogen and oxygen atoms in total. The van der Waals surface area contributed by atoms with Gasteiger partial charge in [0.25, 0.3) is 0 Å². The summed E-state index contributed by atoms with van der Waals surface area (Å²) in [6, 6.07) is 4.08. The second kappa shape index (κ2) is 5.68. The van der Waals surface area contributed by atoms with E-state index in [1.807, 2.05) is 30.1 Å². The van der Waals surface area contributed by atoms with E-state index in [2.05, 4.69) is 30.9 Å². The maximum Gasteiger partial charge on any atom is 0.132 e. The Morgan fingerprint density at radius 1 is 1.09 bits per heavy atom. The molecule has 2 aromatic rings. The van der Waals surface area contributed by atoms with Crippen LogP contribution in [0, 0.1) is 18.8 Å². The number of aryl methyl sites for hydroxylation is 1. The van der Waals surface area contributed by atoms with Gasteiger partial charge in [-0.15, -0.1) is 0 Å². The van der Waals surface area contributed by atoms with Crippen LogP contribution in [0.2, 0.25) is 0 Å². The summed E-state index contributed by atoms with van der Waals surface area (Å²) in [4.78, 5) is 13.6. The standard InChI is InChI=1S/C16H22N6/c1-13-7-16(18-12-17-13)21-10-14-8-20(9-15(14)11-21)5-6-22-4-2-3-19-22/h2-4,7,12,14-15H,5-6,8-11H2,1H3. The van der Waals surface area contributed by atoms with Crippen molar-refractivity contribution >= 4 is 5.82 Å². The largest absolute Gasteiger partial charge is 0.356 e. The molecule has 2 saturated heterocycles. The van der Waals surface area contributed by atoms with Gasteiger partial charge in [-0.1, -0.05) is 0 Å². The molecule has 0 spiro atoms. The Labute approximate surface area is 130 Å². The maximum absolute atomic E-state index is 4.43. The minimum Gasteiger partial charge on any atom is -0.356 e. The molecule has 4 heterocycles. The first-order chi connectivity index (χ1) is 10.8. The van der Waals surface area contributed by atoms with Crippen LogP contribution in [0.3, 0.4) is 0 Å². The third-order valence-corrected chi connectivity index (χ3v) is 4.88. The van der Waals surface area contributed by atoms with Crippen LogP contribution < -0.4 is 4.90 Å². The third-order valence-electron chi connectivity index (χ3n) is 4.88. The second-order valence-corrected chi connectivity index (χ2v) is 6.47. The van der Waals surface area contributed by atoms with Gasteiger partial charge < -0.3 is 9.80 Å². The fraction of sp³-hybridized carbons (Fsp3) is 0.562. The molecule has 22 heavy (non-hydrogen) atoms. The van der Waals surface area contributed by atoms with Crippen molar-refractivity contribution in [2.75, 3.05) is 37.6 Å². The molecule has 2 aromatic heterocycles. The molecule has 6 heteroatoms. The maximum atomic E-state index is 4.43. The first kappa shape index (κ1) is 13.7. The lowest BCUT2D eigenvalue weighted by atomic mass is 10.0. The van der Waals surface area contributed by atoms with Crippen LogP contribution in [0.15, 0.2) is 30.9 Å². The minimum absolute atomic E-state index is 0.771. The van der Waals surface area contributed by atoms with E-state index >= 15 is 0 Å². The normalized spacial score (nSPS) is 24.9. The van der Waals surface area contributed by atoms with E-state index in [4.69, 9.17) is 0 Å². The van der Waals surface area contributed by atoms with E-state index in [1.54, 1.807) is 6.33 Å². The van der Waals surface area contributed by atoms with Crippen molar-refractivity contribution in [1.82, 2.24) is 24.6 Å². The van der Waals surface area contributed by atoms with Gasteiger partial charge in [0, 0.05) is 56.9 Å². The number of aromatic nitrogens is 4. The SMILES string of the molecule is Cc1cc(N2CC3CN(CCn4cccn4)CC3C2)ncn1. The third kappa shape index (κ3) is 2.70. The molecule has 0 saturated carbocycles. The highest BCUT2D eigenvalue weighted by atomic mass is 15.3. The topological polar surface area (TPSA) is 50.1 Å². The predicted molar refractivity (Wildman–Crippen MR) is 84.6 cm³/mol. The fourth-order valence-electron chi connectivity index (χ4n) is 3.75. The Hall–Kier alpha value is -1.95. The van der Waals surface area contributed by atoms with Crippen molar-refractivity contribution < 1.29 is 0 Å². The number of nitrogens with zero attached hydrogens (tertiary/aromatic N) is 6. The summed E-state index contributed by atoms with van der Waals surface area (Å²) >= 11 is 0. The molecular weight excluding hydrogens is 276 g/mol. The smallest absolute Gasteiger partial charge is 0.132 e. The lowest BCUT2D eigenvalue weighted by Gasteiger charge is -2.22. The van der Waals surface area contributed by atoms with Crippen molar-refractivity contribution in [2.24, 2.45) is 11.8 Å². The Kier molecular flexibility index (Phi) is 3.54. The quantitative estimate of drug-likeness (QED) is 0.844. The Balaban J connectivity index is 1.32. The number of rotatable bonds is 4. The summed E-state index contributed by atoms with van der Waals surface area (Å²) in [6.07, 6.45) is 5.56. The summed E-state index contributed by atoms with van der Waals surface area (Å²) in [7, 11) is 0. The average molecular weight is 298 g/mol. The van der Waals surface area contributed by atoms with Gasteiger partial charge in [-0.3, -0.25) is 4.68 Å². The number of hydrogen-bond acceptors (Lipinski definition) is 5. The molecule has 0 aliphatic carbocycles. The zero-order valence-electron chi connectivity index (χ0n) is 13.0. The molecule has 2 aliphatic heterocycles. The summed E-state index contributed by atoms with van der Waals surface area (Å²) in [5.41, 5.74) is 1.04. The van der Waals surface area contributed by atoms with Crippen molar-refractivity contribution in [3.8, 4) is 0 Å². The van der Waals surface area contributed by atoms with Crippen LogP contribution in [0.25, 0.3) is 0 Å². The fourth-order valence-corrected chi connectivity index (χ4v) is 3.75. The molecule has 0 amide bonds. The van der Waals surface area contributed by atoms with E-state index in [0.717, 1.165) is 49.5 Å². The molecule has 2 atom stereocenters. The van der Waals surface area contributed by atoms with Crippen LogP contribution >= 0.6 is 0 Å². The first-order valence-electron chi connectivity index (χ1n) is 8.01. The van der Waals surface area contributed by atoms with Gasteiger partial charge in [-0.2, -0.15) is 5.10 Å². The molecule has 116 valence electrons. The number of likely N-dealkylation sites (tertiary alicyclic amines) is 1. The van der Waals surface area contributed by atoms with E-state index in [0.29, 0.717) is 0 Å². The van der Waals surface area contributed by atoms with Gasteiger partial charge in [0.2, 0.25) is 0 Å². The number of anilines is 1. The molecule has 0 aromatic carbocycles. The van der Waals surface area contributed by atoms with Gasteiger partial charge in [0.15, 0.2) is 0 Å². The van der Waals surface area contributed by atoms with Gasteiger partial charge in [-0.25, -0.2) is 9.97 Å². The number of hydrogen-bond donors (Lipinski definition) is 0. The van der Waals surface area contributed by atoms with E-state index < -0.39 is 0 Å². The van der Waals surface area contributed by atoms with Crippen LogP contribution in [0.4, 0.5) is 5.82 Å². The van der Waals surface area contributed by atoms with Gasteiger partial charge in [0.1, 0.15) is 12.1 Å². The predicted octanol–water partition coefficient (Wildman–Crippen LogP) is 1.05. The monoisotopic (exact) mass is 298 g/mol. The van der Waals surface area contributed by atoms with Crippen molar-refractivity contribution in [1.29, 1.82) is 0 Å². The molecule has 2 fully saturated rings.